The third kappa shape index (κ3) is 4.75. The highest BCUT2D eigenvalue weighted by Crippen LogP contribution is 2.43. The molecule has 0 saturated carbocycles. The predicted octanol–water partition coefficient (Wildman–Crippen LogP) is 14.6. The van der Waals surface area contributed by atoms with Gasteiger partial charge in [0.15, 0.2) is 5.58 Å². The highest BCUT2D eigenvalue weighted by Gasteiger charge is 2.20. The van der Waals surface area contributed by atoms with Crippen LogP contribution in [0.5, 0.6) is 0 Å². The zero-order valence-electron chi connectivity index (χ0n) is 28.7. The van der Waals surface area contributed by atoms with Crippen LogP contribution in [0.1, 0.15) is 0 Å². The van der Waals surface area contributed by atoms with E-state index in [1.807, 2.05) is 12.1 Å². The second kappa shape index (κ2) is 11.7. The molecule has 11 rings (SSSR count). The molecular weight excluding hydrogens is 647 g/mol. The molecule has 0 fully saturated rings. The molecule has 3 heteroatoms. The summed E-state index contributed by atoms with van der Waals surface area (Å²) in [5.41, 5.74) is 11.3. The van der Waals surface area contributed by atoms with Crippen LogP contribution in [0.25, 0.3) is 87.7 Å². The molecular formula is C50H31NO2. The quantitative estimate of drug-likeness (QED) is 0.182. The molecule has 11 aromatic rings. The van der Waals surface area contributed by atoms with Crippen molar-refractivity contribution in [3.63, 3.8) is 0 Å². The van der Waals surface area contributed by atoms with E-state index in [1.165, 1.54) is 27.3 Å². The van der Waals surface area contributed by atoms with E-state index >= 15 is 0 Å². The Labute approximate surface area is 305 Å². The Bertz CT molecular complexity index is 3160. The fourth-order valence-corrected chi connectivity index (χ4v) is 8.09. The monoisotopic (exact) mass is 677 g/mol. The molecule has 2 heterocycles. The first kappa shape index (κ1) is 29.6. The van der Waals surface area contributed by atoms with Gasteiger partial charge in [0.2, 0.25) is 0 Å². The van der Waals surface area contributed by atoms with Crippen molar-refractivity contribution in [2.24, 2.45) is 0 Å². The Balaban J connectivity index is 1.03. The molecule has 0 saturated heterocycles. The van der Waals surface area contributed by atoms with Gasteiger partial charge in [0.05, 0.1) is 5.69 Å². The summed E-state index contributed by atoms with van der Waals surface area (Å²) in [5, 5.41) is 9.27. The minimum atomic E-state index is 0.862. The Kier molecular flexibility index (Phi) is 6.55. The summed E-state index contributed by atoms with van der Waals surface area (Å²) in [6.45, 7) is 0. The van der Waals surface area contributed by atoms with Crippen LogP contribution in [-0.2, 0) is 0 Å². The number of anilines is 3. The van der Waals surface area contributed by atoms with Crippen molar-refractivity contribution in [3.05, 3.63) is 188 Å². The number of benzene rings is 9. The lowest BCUT2D eigenvalue weighted by molar-refractivity contribution is 0.669. The number of para-hydroxylation sites is 2. The van der Waals surface area contributed by atoms with Gasteiger partial charge in [-0.25, -0.2) is 0 Å². The zero-order chi connectivity index (χ0) is 34.9. The topological polar surface area (TPSA) is 29.5 Å². The smallest absolute Gasteiger partial charge is 0.159 e. The number of furan rings is 2. The highest BCUT2D eigenvalue weighted by atomic mass is 16.3. The zero-order valence-corrected chi connectivity index (χ0v) is 28.7. The van der Waals surface area contributed by atoms with Gasteiger partial charge in [-0.05, 0) is 93.0 Å². The lowest BCUT2D eigenvalue weighted by Crippen LogP contribution is -2.10. The van der Waals surface area contributed by atoms with Crippen molar-refractivity contribution in [3.8, 4) is 22.3 Å². The second-order valence-corrected chi connectivity index (χ2v) is 13.7. The van der Waals surface area contributed by atoms with Crippen LogP contribution < -0.4 is 4.90 Å². The SMILES string of the molecule is c1ccc2c(-c3ccc(N(c4ccc(-c5ccc6oc7c8ccccc8ccc7c6c5)cc4)c4cccc5c4oc4ccccc45)cc3)cccc2c1. The standard InChI is InChI=1S/C50H31NO2/c1-3-12-39-33(9-1)11-7-15-40(39)35-21-27-38(28-22-35)51(46-17-8-16-43-42-14-5-6-18-47(42)53-50(43)46)37-25-19-32(20-26-37)36-24-30-48-45(31-36)44-29-23-34-10-2-4-13-41(34)49(44)52-48/h1-31H. The van der Waals surface area contributed by atoms with E-state index in [0.717, 1.165) is 77.5 Å². The molecule has 0 bridgehead atoms. The van der Waals surface area contributed by atoms with Crippen LogP contribution in [0.3, 0.4) is 0 Å². The van der Waals surface area contributed by atoms with E-state index in [9.17, 15) is 0 Å². The predicted molar refractivity (Wildman–Crippen MR) is 222 cm³/mol. The van der Waals surface area contributed by atoms with Crippen molar-refractivity contribution in [1.82, 2.24) is 0 Å². The van der Waals surface area contributed by atoms with Crippen molar-refractivity contribution < 1.29 is 8.83 Å². The van der Waals surface area contributed by atoms with E-state index < -0.39 is 0 Å². The molecule has 0 unspecified atom stereocenters. The van der Waals surface area contributed by atoms with Crippen LogP contribution >= 0.6 is 0 Å². The summed E-state index contributed by atoms with van der Waals surface area (Å²) in [6.07, 6.45) is 0. The fourth-order valence-electron chi connectivity index (χ4n) is 8.09. The number of rotatable bonds is 5. The molecule has 0 aliphatic carbocycles. The van der Waals surface area contributed by atoms with Crippen molar-refractivity contribution in [2.75, 3.05) is 4.90 Å². The molecule has 3 nitrogen and oxygen atoms in total. The normalized spacial score (nSPS) is 11.8. The fraction of sp³-hybridized carbons (Fsp3) is 0. The maximum Gasteiger partial charge on any atom is 0.159 e. The number of hydrogen-bond donors (Lipinski definition) is 0. The van der Waals surface area contributed by atoms with Crippen LogP contribution in [0.4, 0.5) is 17.1 Å². The van der Waals surface area contributed by atoms with E-state index in [2.05, 4.69) is 181 Å². The minimum Gasteiger partial charge on any atom is -0.455 e. The summed E-state index contributed by atoms with van der Waals surface area (Å²) in [6, 6.07) is 66.8. The van der Waals surface area contributed by atoms with Gasteiger partial charge in [-0.2, -0.15) is 0 Å². The van der Waals surface area contributed by atoms with Gasteiger partial charge >= 0.3 is 0 Å². The number of fused-ring (bicyclic) bond motifs is 9. The van der Waals surface area contributed by atoms with Gasteiger partial charge in [0.25, 0.3) is 0 Å². The minimum absolute atomic E-state index is 0.862. The maximum atomic E-state index is 6.59. The molecule has 0 radical (unpaired) electrons. The maximum absolute atomic E-state index is 6.59. The van der Waals surface area contributed by atoms with Crippen LogP contribution in [-0.4, -0.2) is 0 Å². The van der Waals surface area contributed by atoms with Crippen molar-refractivity contribution in [2.45, 2.75) is 0 Å². The summed E-state index contributed by atoms with van der Waals surface area (Å²) in [4.78, 5) is 2.30. The van der Waals surface area contributed by atoms with E-state index in [0.29, 0.717) is 0 Å². The van der Waals surface area contributed by atoms with E-state index in [1.54, 1.807) is 0 Å². The van der Waals surface area contributed by atoms with Crippen molar-refractivity contribution in [1.29, 1.82) is 0 Å². The molecule has 0 aliphatic rings. The molecule has 9 aromatic carbocycles. The Morgan fingerprint density at radius 2 is 0.887 bits per heavy atom. The van der Waals surface area contributed by atoms with Crippen molar-refractivity contribution >= 4 is 82.5 Å². The number of hydrogen-bond acceptors (Lipinski definition) is 3. The molecule has 0 spiro atoms. The summed E-state index contributed by atoms with van der Waals surface area (Å²) in [5.74, 6) is 0. The Morgan fingerprint density at radius 1 is 0.321 bits per heavy atom. The van der Waals surface area contributed by atoms with Crippen LogP contribution in [0, 0.1) is 0 Å². The summed E-state index contributed by atoms with van der Waals surface area (Å²) >= 11 is 0. The van der Waals surface area contributed by atoms with Gasteiger partial charge in [-0.1, -0.05) is 133 Å². The Morgan fingerprint density at radius 3 is 1.70 bits per heavy atom. The molecule has 2 aromatic heterocycles. The van der Waals surface area contributed by atoms with Crippen LogP contribution in [0.2, 0.25) is 0 Å². The van der Waals surface area contributed by atoms with Crippen LogP contribution in [0.15, 0.2) is 197 Å². The molecule has 0 aliphatic heterocycles. The highest BCUT2D eigenvalue weighted by molar-refractivity contribution is 6.15. The molecule has 0 amide bonds. The van der Waals surface area contributed by atoms with Gasteiger partial charge < -0.3 is 13.7 Å². The molecule has 53 heavy (non-hydrogen) atoms. The average molecular weight is 678 g/mol. The second-order valence-electron chi connectivity index (χ2n) is 13.7. The average Bonchev–Trinajstić information content (AvgIpc) is 3.80. The lowest BCUT2D eigenvalue weighted by Gasteiger charge is -2.26. The summed E-state index contributed by atoms with van der Waals surface area (Å²) < 4.78 is 13.0. The molecule has 0 N–H and O–H groups in total. The van der Waals surface area contributed by atoms with E-state index in [-0.39, 0.29) is 0 Å². The summed E-state index contributed by atoms with van der Waals surface area (Å²) in [7, 11) is 0. The first-order chi connectivity index (χ1) is 26.3. The largest absolute Gasteiger partial charge is 0.455 e. The first-order valence-corrected chi connectivity index (χ1v) is 18.0. The third-order valence-electron chi connectivity index (χ3n) is 10.7. The molecule has 248 valence electrons. The van der Waals surface area contributed by atoms with Gasteiger partial charge in [-0.15, -0.1) is 0 Å². The van der Waals surface area contributed by atoms with Gasteiger partial charge in [-0.3, -0.25) is 0 Å². The number of nitrogens with zero attached hydrogens (tertiary/aromatic N) is 1. The Hall–Kier alpha value is -7.10. The van der Waals surface area contributed by atoms with Gasteiger partial charge in [0, 0.05) is 38.3 Å². The first-order valence-electron chi connectivity index (χ1n) is 18.0. The molecule has 0 atom stereocenters. The third-order valence-corrected chi connectivity index (χ3v) is 10.7. The lowest BCUT2D eigenvalue weighted by atomic mass is 9.98. The van der Waals surface area contributed by atoms with Gasteiger partial charge in [0.1, 0.15) is 16.7 Å². The van der Waals surface area contributed by atoms with E-state index in [4.69, 9.17) is 8.83 Å².